The highest BCUT2D eigenvalue weighted by Gasteiger charge is 2.21. The Morgan fingerprint density at radius 3 is 2.52 bits per heavy atom. The molecule has 116 valence electrons. The average molecular weight is 292 g/mol. The van der Waals surface area contributed by atoms with Gasteiger partial charge in [0, 0.05) is 18.9 Å². The van der Waals surface area contributed by atoms with Crippen molar-refractivity contribution in [3.63, 3.8) is 0 Å². The third kappa shape index (κ3) is 6.90. The topological polar surface area (TPSA) is 81.4 Å². The van der Waals surface area contributed by atoms with Crippen LogP contribution < -0.4 is 11.1 Å². The van der Waals surface area contributed by atoms with Gasteiger partial charge in [0.2, 0.25) is 5.91 Å². The standard InChI is InChI=1S/C16H24N2O3/c1-12(17)7-6-10-15(19)18-14(16(20)21-2)11-13-8-4-3-5-9-13/h3-5,8-9,12,14H,6-7,10-11,17H2,1-2H3,(H,18,19). The fraction of sp³-hybridized carbons (Fsp3) is 0.500. The molecular weight excluding hydrogens is 268 g/mol. The van der Waals surface area contributed by atoms with Crippen LogP contribution in [-0.2, 0) is 20.7 Å². The summed E-state index contributed by atoms with van der Waals surface area (Å²) < 4.78 is 4.75. The Morgan fingerprint density at radius 2 is 1.95 bits per heavy atom. The molecule has 0 aromatic heterocycles. The summed E-state index contributed by atoms with van der Waals surface area (Å²) in [4.78, 5) is 23.7. The number of benzene rings is 1. The van der Waals surface area contributed by atoms with Crippen LogP contribution in [-0.4, -0.2) is 31.1 Å². The molecule has 0 aliphatic rings. The van der Waals surface area contributed by atoms with Crippen LogP contribution in [0.1, 0.15) is 31.7 Å². The summed E-state index contributed by atoms with van der Waals surface area (Å²) in [7, 11) is 1.32. The quantitative estimate of drug-likeness (QED) is 0.710. The highest BCUT2D eigenvalue weighted by molar-refractivity contribution is 5.84. The number of rotatable bonds is 8. The molecular formula is C16H24N2O3. The molecule has 3 N–H and O–H groups in total. The zero-order chi connectivity index (χ0) is 15.7. The normalized spacial score (nSPS) is 13.3. The average Bonchev–Trinajstić information content (AvgIpc) is 2.46. The number of nitrogens with two attached hydrogens (primary N) is 1. The molecule has 0 heterocycles. The fourth-order valence-corrected chi connectivity index (χ4v) is 2.04. The SMILES string of the molecule is COC(=O)C(Cc1ccccc1)NC(=O)CCCC(C)N. The molecule has 1 amide bonds. The molecule has 2 atom stereocenters. The van der Waals surface area contributed by atoms with Crippen LogP contribution in [0.25, 0.3) is 0 Å². The van der Waals surface area contributed by atoms with Gasteiger partial charge in [-0.05, 0) is 25.3 Å². The molecule has 0 aliphatic carbocycles. The Kier molecular flexibility index (Phi) is 7.46. The van der Waals surface area contributed by atoms with E-state index in [1.165, 1.54) is 7.11 Å². The number of carbonyl (C=O) groups is 2. The van der Waals surface area contributed by atoms with Crippen molar-refractivity contribution in [2.75, 3.05) is 7.11 Å². The number of amides is 1. The Bertz CT molecular complexity index is 446. The summed E-state index contributed by atoms with van der Waals surface area (Å²) in [5.74, 6) is -0.582. The zero-order valence-corrected chi connectivity index (χ0v) is 12.7. The van der Waals surface area contributed by atoms with E-state index in [4.69, 9.17) is 10.5 Å². The van der Waals surface area contributed by atoms with Crippen LogP contribution in [0.2, 0.25) is 0 Å². The number of nitrogens with one attached hydrogen (secondary N) is 1. The first-order chi connectivity index (χ1) is 10.0. The van der Waals surface area contributed by atoms with Gasteiger partial charge in [0.05, 0.1) is 7.11 Å². The van der Waals surface area contributed by atoms with Crippen LogP contribution >= 0.6 is 0 Å². The molecule has 21 heavy (non-hydrogen) atoms. The molecule has 0 bridgehead atoms. The van der Waals surface area contributed by atoms with Crippen LogP contribution in [0.4, 0.5) is 0 Å². The van der Waals surface area contributed by atoms with Crippen LogP contribution in [0, 0.1) is 0 Å². The predicted octanol–water partition coefficient (Wildman–Crippen LogP) is 1.40. The minimum Gasteiger partial charge on any atom is -0.467 e. The number of hydrogen-bond donors (Lipinski definition) is 2. The second kappa shape index (κ2) is 9.13. The molecule has 0 fully saturated rings. The molecule has 0 radical (unpaired) electrons. The Hall–Kier alpha value is -1.88. The predicted molar refractivity (Wildman–Crippen MR) is 81.6 cm³/mol. The second-order valence-corrected chi connectivity index (χ2v) is 5.20. The number of methoxy groups -OCH3 is 1. The summed E-state index contributed by atoms with van der Waals surface area (Å²) in [6.07, 6.45) is 2.29. The number of carbonyl (C=O) groups excluding carboxylic acids is 2. The first kappa shape index (κ1) is 17.2. The van der Waals surface area contributed by atoms with Gasteiger partial charge in [-0.25, -0.2) is 4.79 Å². The molecule has 5 heteroatoms. The van der Waals surface area contributed by atoms with Crippen molar-refractivity contribution in [2.45, 2.75) is 44.7 Å². The van der Waals surface area contributed by atoms with E-state index < -0.39 is 12.0 Å². The Balaban J connectivity index is 2.54. The fourth-order valence-electron chi connectivity index (χ4n) is 2.04. The summed E-state index contributed by atoms with van der Waals surface area (Å²) in [5, 5.41) is 2.74. The van der Waals surface area contributed by atoms with E-state index in [1.807, 2.05) is 37.3 Å². The summed E-state index contributed by atoms with van der Waals surface area (Å²) >= 11 is 0. The number of esters is 1. The van der Waals surface area contributed by atoms with Gasteiger partial charge in [0.15, 0.2) is 0 Å². The van der Waals surface area contributed by atoms with Gasteiger partial charge in [-0.1, -0.05) is 30.3 Å². The van der Waals surface area contributed by atoms with Crippen molar-refractivity contribution in [1.29, 1.82) is 0 Å². The molecule has 0 spiro atoms. The third-order valence-corrected chi connectivity index (χ3v) is 3.17. The monoisotopic (exact) mass is 292 g/mol. The lowest BCUT2D eigenvalue weighted by atomic mass is 10.1. The van der Waals surface area contributed by atoms with Gasteiger partial charge in [-0.2, -0.15) is 0 Å². The van der Waals surface area contributed by atoms with Crippen LogP contribution in [0.5, 0.6) is 0 Å². The highest BCUT2D eigenvalue weighted by atomic mass is 16.5. The van der Waals surface area contributed by atoms with Gasteiger partial charge in [0.25, 0.3) is 0 Å². The molecule has 0 saturated carbocycles. The minimum absolute atomic E-state index is 0.0820. The highest BCUT2D eigenvalue weighted by Crippen LogP contribution is 2.06. The maximum Gasteiger partial charge on any atom is 0.328 e. The summed E-state index contributed by atoms with van der Waals surface area (Å²) in [5.41, 5.74) is 6.62. The van der Waals surface area contributed by atoms with Gasteiger partial charge < -0.3 is 15.8 Å². The van der Waals surface area contributed by atoms with E-state index in [2.05, 4.69) is 5.32 Å². The summed E-state index contributed by atoms with van der Waals surface area (Å²) in [6, 6.07) is 8.96. The molecule has 2 unspecified atom stereocenters. The van der Waals surface area contributed by atoms with Gasteiger partial charge in [-0.3, -0.25) is 4.79 Å². The Morgan fingerprint density at radius 1 is 1.29 bits per heavy atom. The van der Waals surface area contributed by atoms with Gasteiger partial charge in [0.1, 0.15) is 6.04 Å². The van der Waals surface area contributed by atoms with Crippen LogP contribution in [0.3, 0.4) is 0 Å². The minimum atomic E-state index is -0.653. The maximum absolute atomic E-state index is 11.9. The van der Waals surface area contributed by atoms with Gasteiger partial charge in [-0.15, -0.1) is 0 Å². The van der Waals surface area contributed by atoms with Crippen molar-refractivity contribution in [1.82, 2.24) is 5.32 Å². The maximum atomic E-state index is 11.9. The summed E-state index contributed by atoms with van der Waals surface area (Å²) in [6.45, 7) is 1.91. The van der Waals surface area contributed by atoms with Crippen molar-refractivity contribution < 1.29 is 14.3 Å². The van der Waals surface area contributed by atoms with E-state index in [1.54, 1.807) is 0 Å². The number of hydrogen-bond acceptors (Lipinski definition) is 4. The van der Waals surface area contributed by atoms with E-state index in [9.17, 15) is 9.59 Å². The second-order valence-electron chi connectivity index (χ2n) is 5.20. The molecule has 5 nitrogen and oxygen atoms in total. The van der Waals surface area contributed by atoms with Crippen LogP contribution in [0.15, 0.2) is 30.3 Å². The third-order valence-electron chi connectivity index (χ3n) is 3.17. The molecule has 1 aromatic carbocycles. The first-order valence-electron chi connectivity index (χ1n) is 7.19. The van der Waals surface area contributed by atoms with Crippen molar-refractivity contribution in [2.24, 2.45) is 5.73 Å². The van der Waals surface area contributed by atoms with Crippen molar-refractivity contribution in [3.05, 3.63) is 35.9 Å². The lowest BCUT2D eigenvalue weighted by Gasteiger charge is -2.16. The van der Waals surface area contributed by atoms with Crippen molar-refractivity contribution in [3.8, 4) is 0 Å². The lowest BCUT2D eigenvalue weighted by molar-refractivity contribution is -0.145. The smallest absolute Gasteiger partial charge is 0.328 e. The Labute approximate surface area is 125 Å². The lowest BCUT2D eigenvalue weighted by Crippen LogP contribution is -2.43. The van der Waals surface area contributed by atoms with Crippen molar-refractivity contribution >= 4 is 11.9 Å². The molecule has 0 aliphatic heterocycles. The largest absolute Gasteiger partial charge is 0.467 e. The zero-order valence-electron chi connectivity index (χ0n) is 12.7. The van der Waals surface area contributed by atoms with E-state index in [0.717, 1.165) is 12.0 Å². The molecule has 1 rings (SSSR count). The van der Waals surface area contributed by atoms with E-state index in [-0.39, 0.29) is 11.9 Å². The molecule has 0 saturated heterocycles. The van der Waals surface area contributed by atoms with E-state index in [0.29, 0.717) is 19.3 Å². The van der Waals surface area contributed by atoms with Gasteiger partial charge >= 0.3 is 5.97 Å². The van der Waals surface area contributed by atoms with E-state index >= 15 is 0 Å². The molecule has 1 aromatic rings. The first-order valence-corrected chi connectivity index (χ1v) is 7.19. The number of ether oxygens (including phenoxy) is 1.